The van der Waals surface area contributed by atoms with Crippen LogP contribution in [0.2, 0.25) is 0 Å². The molecule has 2 N–H and O–H groups in total. The lowest BCUT2D eigenvalue weighted by molar-refractivity contribution is -0.892. The summed E-state index contributed by atoms with van der Waals surface area (Å²) in [7, 11) is 0. The second-order valence-corrected chi connectivity index (χ2v) is 7.14. The number of piperazine rings is 1. The molecule has 1 fully saturated rings. The summed E-state index contributed by atoms with van der Waals surface area (Å²) < 4.78 is 0. The quantitative estimate of drug-likeness (QED) is 0.543. The van der Waals surface area contributed by atoms with Gasteiger partial charge >= 0.3 is 0 Å². The molecule has 1 aromatic carbocycles. The van der Waals surface area contributed by atoms with Crippen LogP contribution in [0, 0.1) is 0 Å². The van der Waals surface area contributed by atoms with Crippen molar-refractivity contribution in [1.82, 2.24) is 15.3 Å². The van der Waals surface area contributed by atoms with Crippen molar-refractivity contribution in [3.8, 4) is 0 Å². The van der Waals surface area contributed by atoms with E-state index in [-0.39, 0.29) is 5.91 Å². The molecule has 0 radical (unpaired) electrons. The Balaban J connectivity index is 1.31. The van der Waals surface area contributed by atoms with Gasteiger partial charge in [0.2, 0.25) is 5.95 Å². The maximum absolute atomic E-state index is 12.1. The summed E-state index contributed by atoms with van der Waals surface area (Å²) in [5.41, 5.74) is 0. The highest BCUT2D eigenvalue weighted by atomic mass is 32.2. The first-order valence-electron chi connectivity index (χ1n) is 8.61. The highest BCUT2D eigenvalue weighted by Crippen LogP contribution is 2.15. The van der Waals surface area contributed by atoms with Crippen LogP contribution in [0.15, 0.2) is 53.7 Å². The molecule has 3 rings (SSSR count). The third-order valence-corrected chi connectivity index (χ3v) is 5.17. The average Bonchev–Trinajstić information content (AvgIpc) is 2.67. The van der Waals surface area contributed by atoms with Gasteiger partial charge < -0.3 is 15.1 Å². The normalized spacial score (nSPS) is 15.1. The number of rotatable bonds is 7. The highest BCUT2D eigenvalue weighted by molar-refractivity contribution is 7.99. The number of amides is 1. The van der Waals surface area contributed by atoms with Crippen molar-refractivity contribution in [1.29, 1.82) is 0 Å². The minimum Gasteiger partial charge on any atom is -0.350 e. The molecule has 25 heavy (non-hydrogen) atoms. The number of aromatic nitrogens is 2. The molecule has 1 aliphatic rings. The zero-order valence-electron chi connectivity index (χ0n) is 14.2. The van der Waals surface area contributed by atoms with Crippen LogP contribution in [0.25, 0.3) is 0 Å². The van der Waals surface area contributed by atoms with Crippen molar-refractivity contribution in [3.63, 3.8) is 0 Å². The molecule has 1 aliphatic heterocycles. The molecule has 0 bridgehead atoms. The second kappa shape index (κ2) is 9.39. The first-order valence-corrected chi connectivity index (χ1v) is 9.60. The van der Waals surface area contributed by atoms with Crippen molar-refractivity contribution in [2.75, 3.05) is 49.9 Å². The summed E-state index contributed by atoms with van der Waals surface area (Å²) in [4.78, 5) is 25.4. The molecule has 0 spiro atoms. The Labute approximate surface area is 152 Å². The first-order chi connectivity index (χ1) is 12.3. The van der Waals surface area contributed by atoms with E-state index in [9.17, 15) is 4.79 Å². The molecule has 0 aliphatic carbocycles. The van der Waals surface area contributed by atoms with Crippen LogP contribution in [0.5, 0.6) is 0 Å². The molecule has 2 aromatic rings. The van der Waals surface area contributed by atoms with Crippen molar-refractivity contribution >= 4 is 23.6 Å². The molecule has 0 unspecified atom stereocenters. The molecular weight excluding hydrogens is 334 g/mol. The third kappa shape index (κ3) is 5.72. The Morgan fingerprint density at radius 1 is 1.12 bits per heavy atom. The highest BCUT2D eigenvalue weighted by Gasteiger charge is 2.23. The molecular formula is C18H24N5OS+. The van der Waals surface area contributed by atoms with Gasteiger partial charge in [-0.15, -0.1) is 11.8 Å². The minimum atomic E-state index is 0.132. The van der Waals surface area contributed by atoms with E-state index in [4.69, 9.17) is 0 Å². The molecule has 7 heteroatoms. The number of nitrogens with one attached hydrogen (secondary N) is 2. The zero-order valence-corrected chi connectivity index (χ0v) is 15.0. The standard InChI is InChI=1S/C18H23N5OS/c24-17(19-9-14-25-16-5-2-1-3-6-16)15-22-10-12-23(13-11-22)18-20-7-4-8-21-18/h1-8H,9-15H2,(H,19,24)/p+1. The number of carbonyl (C=O) groups excluding carboxylic acids is 1. The fourth-order valence-electron chi connectivity index (χ4n) is 2.82. The summed E-state index contributed by atoms with van der Waals surface area (Å²) in [6.07, 6.45) is 3.53. The van der Waals surface area contributed by atoms with Gasteiger partial charge in [0.05, 0.1) is 26.2 Å². The Hall–Kier alpha value is -2.12. The number of carbonyl (C=O) groups is 1. The number of thioether (sulfide) groups is 1. The van der Waals surface area contributed by atoms with E-state index in [2.05, 4.69) is 32.3 Å². The Morgan fingerprint density at radius 3 is 2.56 bits per heavy atom. The predicted molar refractivity (Wildman–Crippen MR) is 100.0 cm³/mol. The lowest BCUT2D eigenvalue weighted by Crippen LogP contribution is -3.16. The molecule has 1 saturated heterocycles. The Morgan fingerprint density at radius 2 is 1.84 bits per heavy atom. The van der Waals surface area contributed by atoms with Gasteiger partial charge in [0.15, 0.2) is 6.54 Å². The molecule has 1 aromatic heterocycles. The predicted octanol–water partition coefficient (Wildman–Crippen LogP) is 0.0900. The number of hydrogen-bond acceptors (Lipinski definition) is 5. The van der Waals surface area contributed by atoms with Gasteiger partial charge in [-0.1, -0.05) is 18.2 Å². The van der Waals surface area contributed by atoms with Crippen LogP contribution >= 0.6 is 11.8 Å². The summed E-state index contributed by atoms with van der Waals surface area (Å²) in [5, 5.41) is 3.02. The largest absolute Gasteiger partial charge is 0.350 e. The van der Waals surface area contributed by atoms with Crippen molar-refractivity contribution in [2.45, 2.75) is 4.90 Å². The SMILES string of the molecule is O=C(C[NH+]1CCN(c2ncccn2)CC1)NCCSc1ccccc1. The van der Waals surface area contributed by atoms with E-state index in [1.807, 2.05) is 24.3 Å². The zero-order chi connectivity index (χ0) is 17.3. The monoisotopic (exact) mass is 358 g/mol. The van der Waals surface area contributed by atoms with Gasteiger partial charge in [-0.05, 0) is 18.2 Å². The number of benzene rings is 1. The smallest absolute Gasteiger partial charge is 0.275 e. The number of hydrogen-bond donors (Lipinski definition) is 2. The van der Waals surface area contributed by atoms with Crippen molar-refractivity contribution in [2.24, 2.45) is 0 Å². The lowest BCUT2D eigenvalue weighted by atomic mass is 10.3. The second-order valence-electron chi connectivity index (χ2n) is 5.97. The van der Waals surface area contributed by atoms with Crippen LogP contribution in [-0.2, 0) is 4.79 Å². The first kappa shape index (κ1) is 17.7. The molecule has 0 atom stereocenters. The van der Waals surface area contributed by atoms with Gasteiger partial charge in [-0.3, -0.25) is 4.79 Å². The molecule has 6 nitrogen and oxygen atoms in total. The Bertz CT molecular complexity index is 647. The van der Waals surface area contributed by atoms with Crippen molar-refractivity contribution in [3.05, 3.63) is 48.8 Å². The van der Waals surface area contributed by atoms with E-state index >= 15 is 0 Å². The summed E-state index contributed by atoms with van der Waals surface area (Å²) in [6.45, 7) is 4.89. The molecule has 132 valence electrons. The third-order valence-electron chi connectivity index (χ3n) is 4.15. The van der Waals surface area contributed by atoms with Crippen LogP contribution in [0.3, 0.4) is 0 Å². The van der Waals surface area contributed by atoms with Gasteiger partial charge in [-0.2, -0.15) is 0 Å². The van der Waals surface area contributed by atoms with Crippen LogP contribution in [0.1, 0.15) is 0 Å². The fraction of sp³-hybridized carbons (Fsp3) is 0.389. The minimum absolute atomic E-state index is 0.132. The fourth-order valence-corrected chi connectivity index (χ4v) is 3.61. The van der Waals surface area contributed by atoms with E-state index in [1.165, 1.54) is 9.80 Å². The molecule has 2 heterocycles. The number of anilines is 1. The Kier molecular flexibility index (Phi) is 6.64. The van der Waals surface area contributed by atoms with Gasteiger partial charge in [0.25, 0.3) is 5.91 Å². The van der Waals surface area contributed by atoms with E-state index in [0.717, 1.165) is 37.9 Å². The maximum atomic E-state index is 12.1. The van der Waals surface area contributed by atoms with Gasteiger partial charge in [0, 0.05) is 29.6 Å². The van der Waals surface area contributed by atoms with Crippen LogP contribution < -0.4 is 15.1 Å². The van der Waals surface area contributed by atoms with Crippen LogP contribution in [-0.4, -0.2) is 60.9 Å². The summed E-state index contributed by atoms with van der Waals surface area (Å²) >= 11 is 1.76. The molecule has 0 saturated carbocycles. The number of quaternary nitrogens is 1. The van der Waals surface area contributed by atoms with E-state index < -0.39 is 0 Å². The van der Waals surface area contributed by atoms with E-state index in [1.54, 1.807) is 24.2 Å². The van der Waals surface area contributed by atoms with Crippen molar-refractivity contribution < 1.29 is 9.69 Å². The maximum Gasteiger partial charge on any atom is 0.275 e. The van der Waals surface area contributed by atoms with Gasteiger partial charge in [-0.25, -0.2) is 9.97 Å². The number of nitrogens with zero attached hydrogens (tertiary/aromatic N) is 3. The summed E-state index contributed by atoms with van der Waals surface area (Å²) in [6, 6.07) is 12.1. The van der Waals surface area contributed by atoms with E-state index in [0.29, 0.717) is 13.1 Å². The lowest BCUT2D eigenvalue weighted by Gasteiger charge is -2.31. The van der Waals surface area contributed by atoms with Crippen LogP contribution in [0.4, 0.5) is 5.95 Å². The van der Waals surface area contributed by atoms with Gasteiger partial charge in [0.1, 0.15) is 0 Å². The topological polar surface area (TPSA) is 62.6 Å². The average molecular weight is 358 g/mol. The summed E-state index contributed by atoms with van der Waals surface area (Å²) in [5.74, 6) is 1.81. The molecule has 1 amide bonds.